The Morgan fingerprint density at radius 3 is 2.77 bits per heavy atom. The standard InChI is InChI=1S/C17H20N4O5/c1-10(3-6-15(22)23)18-17(24)16-11(2)21(20-19-16)12-4-5-13-14(9-12)26-8-7-25-13/h4-5,9-10H,3,6-8H2,1-2H3,(H,18,24)(H,22,23). The van der Waals surface area contributed by atoms with Gasteiger partial charge in [-0.05, 0) is 32.4 Å². The van der Waals surface area contributed by atoms with Crippen LogP contribution < -0.4 is 14.8 Å². The zero-order chi connectivity index (χ0) is 18.7. The Morgan fingerprint density at radius 2 is 2.04 bits per heavy atom. The van der Waals surface area contributed by atoms with Gasteiger partial charge in [-0.1, -0.05) is 5.21 Å². The molecule has 0 spiro atoms. The number of carboxylic acid groups (broad SMARTS) is 1. The van der Waals surface area contributed by atoms with E-state index in [9.17, 15) is 9.59 Å². The number of aromatic nitrogens is 3. The van der Waals surface area contributed by atoms with E-state index in [4.69, 9.17) is 14.6 Å². The first kappa shape index (κ1) is 17.7. The summed E-state index contributed by atoms with van der Waals surface area (Å²) >= 11 is 0. The Balaban J connectivity index is 1.75. The fraction of sp³-hybridized carbons (Fsp3) is 0.412. The summed E-state index contributed by atoms with van der Waals surface area (Å²) in [7, 11) is 0. The van der Waals surface area contributed by atoms with Gasteiger partial charge < -0.3 is 19.9 Å². The highest BCUT2D eigenvalue weighted by molar-refractivity contribution is 5.93. The minimum absolute atomic E-state index is 0.00961. The van der Waals surface area contributed by atoms with Crippen molar-refractivity contribution < 1.29 is 24.2 Å². The Kier molecular flexibility index (Phi) is 5.06. The van der Waals surface area contributed by atoms with E-state index in [0.29, 0.717) is 42.5 Å². The van der Waals surface area contributed by atoms with E-state index in [0.717, 1.165) is 0 Å². The van der Waals surface area contributed by atoms with E-state index in [1.54, 1.807) is 30.7 Å². The van der Waals surface area contributed by atoms with Crippen LogP contribution in [0.15, 0.2) is 18.2 Å². The van der Waals surface area contributed by atoms with Gasteiger partial charge in [0.15, 0.2) is 17.2 Å². The number of carbonyl (C=O) groups is 2. The van der Waals surface area contributed by atoms with Crippen LogP contribution in [0.2, 0.25) is 0 Å². The number of hydrogen-bond acceptors (Lipinski definition) is 6. The Labute approximate surface area is 149 Å². The maximum atomic E-state index is 12.4. The molecule has 0 bridgehead atoms. The molecule has 2 N–H and O–H groups in total. The molecule has 1 atom stereocenters. The maximum Gasteiger partial charge on any atom is 0.303 e. The fourth-order valence-corrected chi connectivity index (χ4v) is 2.65. The van der Waals surface area contributed by atoms with Crippen LogP contribution in [0.3, 0.4) is 0 Å². The van der Waals surface area contributed by atoms with Gasteiger partial charge in [0.2, 0.25) is 0 Å². The van der Waals surface area contributed by atoms with Crippen LogP contribution in [0.25, 0.3) is 5.69 Å². The van der Waals surface area contributed by atoms with Gasteiger partial charge >= 0.3 is 5.97 Å². The second-order valence-electron chi connectivity index (χ2n) is 6.07. The maximum absolute atomic E-state index is 12.4. The molecule has 1 aliphatic heterocycles. The summed E-state index contributed by atoms with van der Waals surface area (Å²) < 4.78 is 12.6. The third-order valence-corrected chi connectivity index (χ3v) is 4.05. The lowest BCUT2D eigenvalue weighted by Gasteiger charge is -2.18. The van der Waals surface area contributed by atoms with Crippen molar-refractivity contribution >= 4 is 11.9 Å². The van der Waals surface area contributed by atoms with Gasteiger partial charge in [-0.3, -0.25) is 9.59 Å². The molecule has 2 heterocycles. The van der Waals surface area contributed by atoms with Gasteiger partial charge in [-0.2, -0.15) is 0 Å². The van der Waals surface area contributed by atoms with E-state index < -0.39 is 5.97 Å². The summed E-state index contributed by atoms with van der Waals surface area (Å²) in [5, 5.41) is 19.5. The largest absolute Gasteiger partial charge is 0.486 e. The van der Waals surface area contributed by atoms with Crippen LogP contribution in [0.4, 0.5) is 0 Å². The molecular formula is C17H20N4O5. The minimum Gasteiger partial charge on any atom is -0.486 e. The number of carbonyl (C=O) groups excluding carboxylic acids is 1. The predicted octanol–water partition coefficient (Wildman–Crippen LogP) is 1.33. The second-order valence-corrected chi connectivity index (χ2v) is 6.07. The molecule has 0 saturated heterocycles. The first-order chi connectivity index (χ1) is 12.5. The third kappa shape index (κ3) is 3.76. The second kappa shape index (κ2) is 7.42. The average Bonchev–Trinajstić information content (AvgIpc) is 3.01. The van der Waals surface area contributed by atoms with Crippen molar-refractivity contribution in [2.24, 2.45) is 0 Å². The highest BCUT2D eigenvalue weighted by atomic mass is 16.6. The fourth-order valence-electron chi connectivity index (χ4n) is 2.65. The molecule has 138 valence electrons. The van der Waals surface area contributed by atoms with Gasteiger partial charge in [-0.15, -0.1) is 5.10 Å². The van der Waals surface area contributed by atoms with Crippen LogP contribution >= 0.6 is 0 Å². The number of nitrogens with zero attached hydrogens (tertiary/aromatic N) is 3. The van der Waals surface area contributed by atoms with Crippen molar-refractivity contribution in [3.63, 3.8) is 0 Å². The number of hydrogen-bond donors (Lipinski definition) is 2. The highest BCUT2D eigenvalue weighted by Gasteiger charge is 2.20. The lowest BCUT2D eigenvalue weighted by Crippen LogP contribution is -2.33. The van der Waals surface area contributed by atoms with Crippen molar-refractivity contribution in [1.82, 2.24) is 20.3 Å². The molecule has 9 heteroatoms. The molecule has 1 aromatic carbocycles. The zero-order valence-electron chi connectivity index (χ0n) is 14.6. The molecule has 1 aromatic heterocycles. The number of ether oxygens (including phenoxy) is 2. The molecule has 0 radical (unpaired) electrons. The van der Waals surface area contributed by atoms with E-state index in [1.807, 2.05) is 6.07 Å². The summed E-state index contributed by atoms with van der Waals surface area (Å²) in [6.07, 6.45) is 0.334. The smallest absolute Gasteiger partial charge is 0.303 e. The molecule has 3 rings (SSSR count). The molecule has 9 nitrogen and oxygen atoms in total. The summed E-state index contributed by atoms with van der Waals surface area (Å²) in [6.45, 7) is 4.49. The van der Waals surface area contributed by atoms with Crippen LogP contribution in [-0.2, 0) is 4.79 Å². The number of fused-ring (bicyclic) bond motifs is 1. The SMILES string of the molecule is Cc1c(C(=O)NC(C)CCC(=O)O)nnn1-c1ccc2c(c1)OCCO2. The zero-order valence-corrected chi connectivity index (χ0v) is 14.6. The number of nitrogens with one attached hydrogen (secondary N) is 1. The molecule has 1 unspecified atom stereocenters. The molecule has 0 saturated carbocycles. The topological polar surface area (TPSA) is 116 Å². The van der Waals surface area contributed by atoms with Crippen LogP contribution in [0.5, 0.6) is 11.5 Å². The van der Waals surface area contributed by atoms with Gasteiger partial charge in [0, 0.05) is 18.5 Å². The number of benzene rings is 1. The van der Waals surface area contributed by atoms with Gasteiger partial charge in [0.25, 0.3) is 5.91 Å². The molecule has 0 aliphatic carbocycles. The Morgan fingerprint density at radius 1 is 1.31 bits per heavy atom. The van der Waals surface area contributed by atoms with Crippen LogP contribution in [0, 0.1) is 6.92 Å². The summed E-state index contributed by atoms with van der Waals surface area (Å²) in [4.78, 5) is 23.0. The monoisotopic (exact) mass is 360 g/mol. The molecule has 1 amide bonds. The van der Waals surface area contributed by atoms with Crippen molar-refractivity contribution in [3.05, 3.63) is 29.6 Å². The number of aliphatic carboxylic acids is 1. The molecule has 1 aliphatic rings. The van der Waals surface area contributed by atoms with Crippen molar-refractivity contribution in [2.45, 2.75) is 32.7 Å². The Hall–Kier alpha value is -3.10. The van der Waals surface area contributed by atoms with E-state index in [1.165, 1.54) is 0 Å². The summed E-state index contributed by atoms with van der Waals surface area (Å²) in [6, 6.07) is 5.11. The molecule has 0 fully saturated rings. The summed E-state index contributed by atoms with van der Waals surface area (Å²) in [5.74, 6) is 0.0101. The lowest BCUT2D eigenvalue weighted by atomic mass is 10.1. The predicted molar refractivity (Wildman–Crippen MR) is 90.9 cm³/mol. The van der Waals surface area contributed by atoms with Crippen LogP contribution in [0.1, 0.15) is 35.9 Å². The minimum atomic E-state index is -0.896. The number of rotatable bonds is 6. The van der Waals surface area contributed by atoms with Crippen LogP contribution in [-0.4, -0.2) is 51.2 Å². The molecule has 26 heavy (non-hydrogen) atoms. The first-order valence-corrected chi connectivity index (χ1v) is 8.30. The van der Waals surface area contributed by atoms with Gasteiger partial charge in [0.1, 0.15) is 13.2 Å². The molecular weight excluding hydrogens is 340 g/mol. The normalized spacial score (nSPS) is 13.9. The van der Waals surface area contributed by atoms with Crippen molar-refractivity contribution in [2.75, 3.05) is 13.2 Å². The Bertz CT molecular complexity index is 833. The summed E-state index contributed by atoms with van der Waals surface area (Å²) in [5.41, 5.74) is 1.48. The highest BCUT2D eigenvalue weighted by Crippen LogP contribution is 2.32. The average molecular weight is 360 g/mol. The van der Waals surface area contributed by atoms with E-state index >= 15 is 0 Å². The molecule has 2 aromatic rings. The van der Waals surface area contributed by atoms with Gasteiger partial charge in [0.05, 0.1) is 11.4 Å². The lowest BCUT2D eigenvalue weighted by molar-refractivity contribution is -0.137. The van der Waals surface area contributed by atoms with Crippen molar-refractivity contribution in [3.8, 4) is 17.2 Å². The first-order valence-electron chi connectivity index (χ1n) is 8.30. The quantitative estimate of drug-likeness (QED) is 0.798. The number of amides is 1. The number of carboxylic acids is 1. The van der Waals surface area contributed by atoms with E-state index in [-0.39, 0.29) is 24.1 Å². The van der Waals surface area contributed by atoms with E-state index in [2.05, 4.69) is 15.6 Å². The van der Waals surface area contributed by atoms with Gasteiger partial charge in [-0.25, -0.2) is 4.68 Å². The third-order valence-electron chi connectivity index (χ3n) is 4.05. The van der Waals surface area contributed by atoms with Crippen molar-refractivity contribution in [1.29, 1.82) is 0 Å².